The topological polar surface area (TPSA) is 7.68 Å². The fraction of sp³-hybridized carbons (Fsp3) is 0.455. The second-order valence-corrected chi connectivity index (χ2v) is 6.71. The van der Waals surface area contributed by atoms with Gasteiger partial charge in [-0.15, -0.1) is 0 Å². The van der Waals surface area contributed by atoms with E-state index in [1.165, 1.54) is 60.5 Å². The fourth-order valence-electron chi connectivity index (χ4n) is 2.83. The van der Waals surface area contributed by atoms with Crippen LogP contribution in [0, 0.1) is 0 Å². The van der Waals surface area contributed by atoms with E-state index in [0.29, 0.717) is 0 Å². The molecule has 1 atom stereocenters. The van der Waals surface area contributed by atoms with Crippen molar-refractivity contribution in [2.45, 2.75) is 39.5 Å². The van der Waals surface area contributed by atoms with Gasteiger partial charge in [-0.25, -0.2) is 0 Å². The van der Waals surface area contributed by atoms with E-state index in [-0.39, 0.29) is 0 Å². The first kappa shape index (κ1) is 18.5. The molecule has 0 bridgehead atoms. The van der Waals surface area contributed by atoms with Crippen molar-refractivity contribution >= 4 is 11.8 Å². The number of nitrogens with one attached hydrogen (secondary N) is 1. The van der Waals surface area contributed by atoms with E-state index < -0.39 is 0 Å². The standard InChI is InChI=1S/C22H32N2/c1-4-6-16-24(17-7-5-2)22-12-10-20(11-13-22)8-9-21-14-18-23(3)19-15-21/h8-15,18H,4-7,16-17,19H2,1-3H3/p+1/b9-8+. The van der Waals surface area contributed by atoms with Crippen LogP contribution in [0.1, 0.15) is 45.1 Å². The molecule has 24 heavy (non-hydrogen) atoms. The maximum absolute atomic E-state index is 2.53. The van der Waals surface area contributed by atoms with E-state index in [1.54, 1.807) is 0 Å². The predicted octanol–water partition coefficient (Wildman–Crippen LogP) is 4.07. The van der Waals surface area contributed by atoms with E-state index in [0.717, 1.165) is 6.54 Å². The molecule has 0 radical (unpaired) electrons. The van der Waals surface area contributed by atoms with Crippen LogP contribution in [-0.2, 0) is 0 Å². The molecule has 2 heteroatoms. The van der Waals surface area contributed by atoms with Gasteiger partial charge in [0.25, 0.3) is 0 Å². The average molecular weight is 326 g/mol. The SMILES string of the molecule is CCCCN(CCCC)c1ccc(/C=C/C2=CC[NH+](C)C=C2)cc1. The number of quaternary nitrogens is 1. The van der Waals surface area contributed by atoms with Gasteiger partial charge in [0.05, 0.1) is 13.2 Å². The second-order valence-electron chi connectivity index (χ2n) is 6.71. The van der Waals surface area contributed by atoms with Gasteiger partial charge in [0.2, 0.25) is 0 Å². The molecular weight excluding hydrogens is 292 g/mol. The lowest BCUT2D eigenvalue weighted by atomic mass is 10.1. The quantitative estimate of drug-likeness (QED) is 0.719. The van der Waals surface area contributed by atoms with E-state index in [2.05, 4.69) is 80.6 Å². The Bertz CT molecular complexity index is 558. The first-order valence-corrected chi connectivity index (χ1v) is 9.46. The first-order chi connectivity index (χ1) is 11.7. The van der Waals surface area contributed by atoms with Crippen LogP contribution in [0.25, 0.3) is 6.08 Å². The Morgan fingerprint density at radius 3 is 2.21 bits per heavy atom. The summed E-state index contributed by atoms with van der Waals surface area (Å²) < 4.78 is 0. The molecule has 0 amide bonds. The molecule has 0 aromatic heterocycles. The van der Waals surface area contributed by atoms with Gasteiger partial charge in [0.15, 0.2) is 0 Å². The Morgan fingerprint density at radius 2 is 1.67 bits per heavy atom. The van der Waals surface area contributed by atoms with Gasteiger partial charge in [-0.05, 0) is 48.3 Å². The normalized spacial score (nSPS) is 17.3. The number of rotatable bonds is 9. The van der Waals surface area contributed by atoms with Crippen molar-refractivity contribution in [3.05, 3.63) is 59.8 Å². The number of benzene rings is 1. The minimum Gasteiger partial charge on any atom is -0.372 e. The molecule has 0 fully saturated rings. The number of allylic oxidation sites excluding steroid dienone is 3. The summed E-state index contributed by atoms with van der Waals surface area (Å²) in [6, 6.07) is 9.02. The van der Waals surface area contributed by atoms with Crippen molar-refractivity contribution in [1.29, 1.82) is 0 Å². The van der Waals surface area contributed by atoms with E-state index in [9.17, 15) is 0 Å². The fourth-order valence-corrected chi connectivity index (χ4v) is 2.83. The molecule has 0 saturated heterocycles. The molecular formula is C22H33N2+. The molecule has 1 heterocycles. The number of unbranched alkanes of at least 4 members (excludes halogenated alkanes) is 2. The van der Waals surface area contributed by atoms with Crippen LogP contribution < -0.4 is 9.80 Å². The Kier molecular flexibility index (Phi) is 7.84. The number of hydrogen-bond acceptors (Lipinski definition) is 1. The van der Waals surface area contributed by atoms with Crippen molar-refractivity contribution in [2.75, 3.05) is 31.6 Å². The van der Waals surface area contributed by atoms with Gasteiger partial charge < -0.3 is 9.80 Å². The Labute approximate surface area is 148 Å². The minimum atomic E-state index is 1.07. The average Bonchev–Trinajstić information content (AvgIpc) is 2.62. The molecule has 1 aliphatic rings. The molecule has 2 nitrogen and oxygen atoms in total. The summed E-state index contributed by atoms with van der Waals surface area (Å²) in [5, 5.41) is 0. The zero-order valence-electron chi connectivity index (χ0n) is 15.6. The molecule has 1 aromatic rings. The first-order valence-electron chi connectivity index (χ1n) is 9.46. The number of nitrogens with zero attached hydrogens (tertiary/aromatic N) is 1. The van der Waals surface area contributed by atoms with Gasteiger partial charge in [-0.2, -0.15) is 0 Å². The summed E-state index contributed by atoms with van der Waals surface area (Å²) in [5.74, 6) is 0. The van der Waals surface area contributed by atoms with E-state index >= 15 is 0 Å². The van der Waals surface area contributed by atoms with E-state index in [4.69, 9.17) is 0 Å². The van der Waals surface area contributed by atoms with Gasteiger partial charge in [0, 0.05) is 18.8 Å². The van der Waals surface area contributed by atoms with Crippen LogP contribution in [0.4, 0.5) is 5.69 Å². The van der Waals surface area contributed by atoms with Crippen LogP contribution in [-0.4, -0.2) is 26.7 Å². The van der Waals surface area contributed by atoms with Crippen molar-refractivity contribution < 1.29 is 4.90 Å². The van der Waals surface area contributed by atoms with Gasteiger partial charge >= 0.3 is 0 Å². The van der Waals surface area contributed by atoms with Gasteiger partial charge in [-0.1, -0.05) is 51.0 Å². The third-order valence-electron chi connectivity index (χ3n) is 4.51. The maximum atomic E-state index is 2.53. The highest BCUT2D eigenvalue weighted by atomic mass is 15.1. The Hall–Kier alpha value is -1.80. The lowest BCUT2D eigenvalue weighted by Gasteiger charge is -2.24. The lowest BCUT2D eigenvalue weighted by molar-refractivity contribution is -0.818. The van der Waals surface area contributed by atoms with Crippen LogP contribution in [0.5, 0.6) is 0 Å². The molecule has 130 valence electrons. The molecule has 1 aromatic carbocycles. The molecule has 1 unspecified atom stereocenters. The summed E-state index contributed by atoms with van der Waals surface area (Å²) >= 11 is 0. The monoisotopic (exact) mass is 325 g/mol. The summed E-state index contributed by atoms with van der Waals surface area (Å²) in [7, 11) is 2.18. The molecule has 0 spiro atoms. The second kappa shape index (κ2) is 10.1. The lowest BCUT2D eigenvalue weighted by Crippen LogP contribution is -3.04. The maximum Gasteiger partial charge on any atom is 0.101 e. The molecule has 1 aliphatic heterocycles. The zero-order chi connectivity index (χ0) is 17.2. The highest BCUT2D eigenvalue weighted by Gasteiger charge is 2.05. The third-order valence-corrected chi connectivity index (χ3v) is 4.51. The largest absolute Gasteiger partial charge is 0.372 e. The summed E-state index contributed by atoms with van der Waals surface area (Å²) in [4.78, 5) is 3.96. The summed E-state index contributed by atoms with van der Waals surface area (Å²) in [6.07, 6.45) is 16.2. The van der Waals surface area contributed by atoms with Crippen LogP contribution >= 0.6 is 0 Å². The van der Waals surface area contributed by atoms with Crippen LogP contribution in [0.15, 0.2) is 54.3 Å². The van der Waals surface area contributed by atoms with Crippen molar-refractivity contribution in [1.82, 2.24) is 0 Å². The van der Waals surface area contributed by atoms with Crippen LogP contribution in [0.2, 0.25) is 0 Å². The Balaban J connectivity index is 1.98. The van der Waals surface area contributed by atoms with Crippen molar-refractivity contribution in [3.8, 4) is 0 Å². The number of likely N-dealkylation sites (N-methyl/N-ethyl adjacent to an activating group) is 1. The predicted molar refractivity (Wildman–Crippen MR) is 106 cm³/mol. The van der Waals surface area contributed by atoms with E-state index in [1.807, 2.05) is 0 Å². The zero-order valence-corrected chi connectivity index (χ0v) is 15.6. The third kappa shape index (κ3) is 6.01. The van der Waals surface area contributed by atoms with Gasteiger partial charge in [0.1, 0.15) is 6.54 Å². The van der Waals surface area contributed by atoms with Gasteiger partial charge in [-0.3, -0.25) is 0 Å². The molecule has 0 saturated carbocycles. The van der Waals surface area contributed by atoms with Crippen molar-refractivity contribution in [3.63, 3.8) is 0 Å². The highest BCUT2D eigenvalue weighted by Crippen LogP contribution is 2.18. The molecule has 0 aliphatic carbocycles. The number of hydrogen-bond donors (Lipinski definition) is 1. The Morgan fingerprint density at radius 1 is 1.00 bits per heavy atom. The van der Waals surface area contributed by atoms with Crippen molar-refractivity contribution in [2.24, 2.45) is 0 Å². The summed E-state index contributed by atoms with van der Waals surface area (Å²) in [5.41, 5.74) is 3.93. The van der Waals surface area contributed by atoms with Crippen LogP contribution in [0.3, 0.4) is 0 Å². The highest BCUT2D eigenvalue weighted by molar-refractivity contribution is 5.58. The smallest absolute Gasteiger partial charge is 0.101 e. The number of anilines is 1. The molecule has 1 N–H and O–H groups in total. The summed E-state index contributed by atoms with van der Waals surface area (Å²) in [6.45, 7) is 7.93. The minimum absolute atomic E-state index is 1.07. The molecule has 2 rings (SSSR count).